The molecule has 0 amide bonds. The average molecular weight is 264 g/mol. The zero-order chi connectivity index (χ0) is 13.7. The van der Waals surface area contributed by atoms with Gasteiger partial charge in [-0.15, -0.1) is 0 Å². The Hall–Kier alpha value is -1.92. The molecule has 0 N–H and O–H groups in total. The molecule has 1 heterocycles. The predicted molar refractivity (Wildman–Crippen MR) is 71.3 cm³/mol. The van der Waals surface area contributed by atoms with E-state index in [9.17, 15) is 10.1 Å². The van der Waals surface area contributed by atoms with Crippen LogP contribution in [0, 0.1) is 10.1 Å². The summed E-state index contributed by atoms with van der Waals surface area (Å²) < 4.78 is 12.2. The Bertz CT molecular complexity index is 565. The number of hydrogen-bond donors (Lipinski definition) is 0. The number of nitro benzene ring substituents is 1. The van der Waals surface area contributed by atoms with Gasteiger partial charge in [-0.3, -0.25) is 10.1 Å². The fraction of sp³-hybridized carbons (Fsp3) is 0.385. The highest BCUT2D eigenvalue weighted by molar-refractivity contribution is 5.89. The van der Waals surface area contributed by atoms with Gasteiger partial charge in [0, 0.05) is 25.9 Å². The summed E-state index contributed by atoms with van der Waals surface area (Å²) >= 11 is 0. The summed E-state index contributed by atoms with van der Waals surface area (Å²) in [6, 6.07) is 6.85. The van der Waals surface area contributed by atoms with Crippen molar-refractivity contribution in [3.8, 4) is 0 Å². The smallest absolute Gasteiger partial charge is 0.278 e. The average Bonchev–Trinajstić information content (AvgIpc) is 2.81. The van der Waals surface area contributed by atoms with Crippen LogP contribution < -0.4 is 0 Å². The van der Waals surface area contributed by atoms with Gasteiger partial charge in [0.25, 0.3) is 5.69 Å². The highest BCUT2D eigenvalue weighted by Gasteiger charge is 2.13. The van der Waals surface area contributed by atoms with Crippen LogP contribution >= 0.6 is 0 Å². The lowest BCUT2D eigenvalue weighted by Crippen LogP contribution is -2.08. The Labute approximate surface area is 110 Å². The third-order valence-corrected chi connectivity index (χ3v) is 2.90. The second-order valence-electron chi connectivity index (χ2n) is 4.08. The van der Waals surface area contributed by atoms with Crippen LogP contribution in [0.2, 0.25) is 0 Å². The summed E-state index contributed by atoms with van der Waals surface area (Å²) in [6.45, 7) is 2.33. The second-order valence-corrected chi connectivity index (χ2v) is 4.08. The molecule has 0 unspecified atom stereocenters. The van der Waals surface area contributed by atoms with Crippen molar-refractivity contribution in [2.45, 2.75) is 6.54 Å². The molecule has 6 nitrogen and oxygen atoms in total. The molecule has 0 aliphatic heterocycles. The number of ether oxygens (including phenoxy) is 2. The Morgan fingerprint density at radius 3 is 2.84 bits per heavy atom. The first-order valence-corrected chi connectivity index (χ1v) is 6.03. The molecule has 0 bridgehead atoms. The van der Waals surface area contributed by atoms with E-state index >= 15 is 0 Å². The lowest BCUT2D eigenvalue weighted by atomic mass is 10.2. The van der Waals surface area contributed by atoms with Crippen molar-refractivity contribution in [3.05, 3.63) is 40.6 Å². The van der Waals surface area contributed by atoms with Gasteiger partial charge in [0.15, 0.2) is 0 Å². The first-order chi connectivity index (χ1) is 9.24. The molecule has 0 aliphatic carbocycles. The van der Waals surface area contributed by atoms with E-state index in [-0.39, 0.29) is 10.6 Å². The van der Waals surface area contributed by atoms with Crippen LogP contribution in [-0.2, 0) is 16.0 Å². The first kappa shape index (κ1) is 13.5. The molecular weight excluding hydrogens is 248 g/mol. The molecule has 0 saturated heterocycles. The van der Waals surface area contributed by atoms with E-state index in [2.05, 4.69) is 0 Å². The molecule has 19 heavy (non-hydrogen) atoms. The zero-order valence-electron chi connectivity index (χ0n) is 10.7. The summed E-state index contributed by atoms with van der Waals surface area (Å²) in [5.74, 6) is 0. The Kier molecular flexibility index (Phi) is 4.48. The number of methoxy groups -OCH3 is 1. The summed E-state index contributed by atoms with van der Waals surface area (Å²) in [6.07, 6.45) is 1.84. The van der Waals surface area contributed by atoms with Gasteiger partial charge < -0.3 is 14.0 Å². The number of fused-ring (bicyclic) bond motifs is 1. The van der Waals surface area contributed by atoms with E-state index in [0.717, 1.165) is 5.52 Å². The van der Waals surface area contributed by atoms with Gasteiger partial charge in [-0.1, -0.05) is 6.07 Å². The van der Waals surface area contributed by atoms with Gasteiger partial charge >= 0.3 is 0 Å². The van der Waals surface area contributed by atoms with E-state index < -0.39 is 0 Å². The normalized spacial score (nSPS) is 11.0. The van der Waals surface area contributed by atoms with Crippen molar-refractivity contribution in [2.24, 2.45) is 0 Å². The molecule has 2 rings (SSSR count). The monoisotopic (exact) mass is 264 g/mol. The van der Waals surface area contributed by atoms with Crippen molar-refractivity contribution in [2.75, 3.05) is 26.9 Å². The minimum Gasteiger partial charge on any atom is -0.382 e. The van der Waals surface area contributed by atoms with E-state index in [1.807, 2.05) is 16.8 Å². The summed E-state index contributed by atoms with van der Waals surface area (Å²) in [5.41, 5.74) is 0.987. The van der Waals surface area contributed by atoms with E-state index in [1.54, 1.807) is 19.2 Å². The molecule has 0 fully saturated rings. The van der Waals surface area contributed by atoms with Crippen LogP contribution in [0.5, 0.6) is 0 Å². The quantitative estimate of drug-likeness (QED) is 0.437. The molecular formula is C13H16N2O4. The highest BCUT2D eigenvalue weighted by atomic mass is 16.6. The van der Waals surface area contributed by atoms with Crippen LogP contribution in [0.3, 0.4) is 0 Å². The third kappa shape index (κ3) is 3.10. The minimum atomic E-state index is -0.359. The van der Waals surface area contributed by atoms with Gasteiger partial charge in [0.05, 0.1) is 35.6 Å². The number of benzene rings is 1. The Balaban J connectivity index is 2.08. The van der Waals surface area contributed by atoms with E-state index in [0.29, 0.717) is 31.8 Å². The Morgan fingerprint density at radius 1 is 1.26 bits per heavy atom. The fourth-order valence-corrected chi connectivity index (χ4v) is 1.97. The predicted octanol–water partition coefficient (Wildman–Crippen LogP) is 2.21. The van der Waals surface area contributed by atoms with Gasteiger partial charge in [-0.2, -0.15) is 0 Å². The number of aromatic nitrogens is 1. The summed E-state index contributed by atoms with van der Waals surface area (Å²) in [4.78, 5) is 10.6. The molecule has 0 saturated carbocycles. The van der Waals surface area contributed by atoms with Crippen molar-refractivity contribution >= 4 is 16.6 Å². The number of non-ortho nitro benzene ring substituents is 1. The van der Waals surface area contributed by atoms with E-state index in [4.69, 9.17) is 9.47 Å². The fourth-order valence-electron chi connectivity index (χ4n) is 1.97. The molecule has 0 aliphatic rings. The number of nitrogens with zero attached hydrogens (tertiary/aromatic N) is 2. The topological polar surface area (TPSA) is 66.5 Å². The molecule has 0 atom stereocenters. The minimum absolute atomic E-state index is 0.136. The molecule has 0 spiro atoms. The van der Waals surface area contributed by atoms with Crippen molar-refractivity contribution in [3.63, 3.8) is 0 Å². The van der Waals surface area contributed by atoms with Crippen LogP contribution in [0.25, 0.3) is 10.9 Å². The zero-order valence-corrected chi connectivity index (χ0v) is 10.7. The van der Waals surface area contributed by atoms with Gasteiger partial charge in [-0.05, 0) is 12.1 Å². The summed E-state index contributed by atoms with van der Waals surface area (Å²) in [7, 11) is 1.63. The highest BCUT2D eigenvalue weighted by Crippen LogP contribution is 2.26. The number of hydrogen-bond acceptors (Lipinski definition) is 4. The SMILES string of the molecule is COCCOCCn1ccc2c([N+](=O)[O-])cccc21. The number of rotatable bonds is 7. The maximum Gasteiger partial charge on any atom is 0.278 e. The van der Waals surface area contributed by atoms with Gasteiger partial charge in [-0.25, -0.2) is 0 Å². The van der Waals surface area contributed by atoms with Gasteiger partial charge in [0.1, 0.15) is 0 Å². The van der Waals surface area contributed by atoms with Crippen molar-refractivity contribution in [1.82, 2.24) is 4.57 Å². The second kappa shape index (κ2) is 6.31. The van der Waals surface area contributed by atoms with Crippen LogP contribution in [0.4, 0.5) is 5.69 Å². The van der Waals surface area contributed by atoms with Crippen molar-refractivity contribution < 1.29 is 14.4 Å². The lowest BCUT2D eigenvalue weighted by molar-refractivity contribution is -0.383. The third-order valence-electron chi connectivity index (χ3n) is 2.90. The standard InChI is InChI=1S/C13H16N2O4/c1-18-9-10-19-8-7-14-6-5-11-12(14)3-2-4-13(11)15(16)17/h2-6H,7-10H2,1H3. The van der Waals surface area contributed by atoms with Crippen LogP contribution in [0.1, 0.15) is 0 Å². The van der Waals surface area contributed by atoms with E-state index in [1.165, 1.54) is 6.07 Å². The molecule has 1 aromatic carbocycles. The largest absolute Gasteiger partial charge is 0.382 e. The lowest BCUT2D eigenvalue weighted by Gasteiger charge is -2.06. The maximum atomic E-state index is 10.9. The molecule has 1 aromatic heterocycles. The maximum absolute atomic E-state index is 10.9. The van der Waals surface area contributed by atoms with Crippen molar-refractivity contribution in [1.29, 1.82) is 0 Å². The summed E-state index contributed by atoms with van der Waals surface area (Å²) in [5, 5.41) is 11.6. The Morgan fingerprint density at radius 2 is 2.11 bits per heavy atom. The first-order valence-electron chi connectivity index (χ1n) is 6.03. The van der Waals surface area contributed by atoms with Gasteiger partial charge in [0.2, 0.25) is 0 Å². The van der Waals surface area contributed by atoms with Crippen LogP contribution in [-0.4, -0.2) is 36.4 Å². The molecule has 102 valence electrons. The molecule has 2 aromatic rings. The number of nitro groups is 1. The molecule has 6 heteroatoms. The van der Waals surface area contributed by atoms with Crippen LogP contribution in [0.15, 0.2) is 30.5 Å². The molecule has 0 radical (unpaired) electrons.